The van der Waals surface area contributed by atoms with Gasteiger partial charge in [0.15, 0.2) is 0 Å². The summed E-state index contributed by atoms with van der Waals surface area (Å²) in [5.41, 5.74) is 7.37. The first-order valence-corrected chi connectivity index (χ1v) is 26.6. The molecule has 0 radical (unpaired) electrons. The number of amides is 8. The summed E-state index contributed by atoms with van der Waals surface area (Å²) in [6.45, 7) is 0.237. The largest absolute Gasteiger partial charge is 0.350 e. The van der Waals surface area contributed by atoms with Crippen LogP contribution >= 0.6 is 0 Å². The minimum absolute atomic E-state index is 0.0494. The second-order valence-electron chi connectivity index (χ2n) is 20.0. The summed E-state index contributed by atoms with van der Waals surface area (Å²) < 4.78 is 0. The van der Waals surface area contributed by atoms with Crippen molar-refractivity contribution in [2.75, 3.05) is 10.6 Å². The molecule has 17 heteroatoms. The van der Waals surface area contributed by atoms with E-state index in [1.54, 1.807) is 30.3 Å². The number of hydrogen-bond acceptors (Lipinski definition) is 9. The Morgan fingerprint density at radius 1 is 0.362 bits per heavy atom. The number of anilines is 2. The molecule has 8 amide bonds. The van der Waals surface area contributed by atoms with Crippen LogP contribution in [-0.2, 0) is 67.5 Å². The first-order chi connectivity index (χ1) is 38.8. The minimum Gasteiger partial charge on any atom is -0.350 e. The van der Waals surface area contributed by atoms with E-state index >= 15 is 0 Å². The molecule has 0 unspecified atom stereocenters. The summed E-state index contributed by atoms with van der Waals surface area (Å²) in [5, 5.41) is 22.8. The fourth-order valence-electron chi connectivity index (χ4n) is 9.42. The summed E-state index contributed by atoms with van der Waals surface area (Å²) in [7, 11) is 0. The molecule has 0 saturated heterocycles. The number of rotatable bonds is 4. The van der Waals surface area contributed by atoms with E-state index in [1.165, 1.54) is 12.1 Å². The van der Waals surface area contributed by atoms with Crippen LogP contribution in [0.5, 0.6) is 0 Å². The van der Waals surface area contributed by atoms with Gasteiger partial charge in [-0.25, -0.2) is 4.98 Å². The number of nitrogens with one attached hydrogen (secondary N) is 8. The maximum atomic E-state index is 14.2. The number of carbonyl (C=O) groups is 8. The quantitative estimate of drug-likeness (QED) is 0.103. The van der Waals surface area contributed by atoms with Crippen molar-refractivity contribution in [1.29, 1.82) is 0 Å². The van der Waals surface area contributed by atoms with Crippen LogP contribution in [0.1, 0.15) is 90.9 Å². The third kappa shape index (κ3) is 15.7. The average molecular weight is 1070 g/mol. The van der Waals surface area contributed by atoms with Crippen LogP contribution in [0, 0.1) is 0 Å². The molecule has 0 spiro atoms. The Bertz CT molecular complexity index is 3120. The van der Waals surface area contributed by atoms with Gasteiger partial charge in [0, 0.05) is 49.9 Å². The lowest BCUT2D eigenvalue weighted by molar-refractivity contribution is -0.127. The molecule has 14 heterocycles. The van der Waals surface area contributed by atoms with Crippen molar-refractivity contribution >= 4 is 58.9 Å². The van der Waals surface area contributed by atoms with Crippen molar-refractivity contribution in [3.05, 3.63) is 232 Å². The predicted octanol–water partition coefficient (Wildman–Crippen LogP) is 6.01. The summed E-state index contributed by atoms with van der Waals surface area (Å²) in [6.07, 6.45) is 0.483. The highest BCUT2D eigenvalue weighted by molar-refractivity contribution is 6.00. The standard InChI is InChI=1S/C63H61N9O8/c73-56-32-30-50-60(77)64-38-46-18-14-42(15-19-46)35-45-24-28-49(29-25-45)59(76)69-51(61(78)65-39-47-20-16-43(17-21-47)34-44-22-26-48(27-23-44)58(75)68-50)31-33-57(74)67-53(37-41-10-5-2-6-11-41)63(80)72-55-13-7-12-54(70-55)71-62(79)52(66-56)36-40-8-3-1-4-9-40/h1-29,50-53H,30-39H2,(H,64,77)(H,65,78)(H,66,73)(H,67,74)(H,68,75)(H,69,76)(H2,70,71,72,79,80)/t50-,51-,52-,53-/m0/s1. The van der Waals surface area contributed by atoms with Gasteiger partial charge in [-0.3, -0.25) is 38.4 Å². The SMILES string of the molecule is O=C1CC[C@@H]2NC(=O)c3ccc(cc3)Cc3ccc(cc3)CNC(=O)[C@H](CCC(=O)N[C@@H](Cc3ccccc3)C(=O)Nc3cccc(n3)NC(=O)[C@H](Cc3ccccc3)N1)NC(=O)c1ccc(cc1)Cc1ccc(cc1)CNC2=O. The summed E-state index contributed by atoms with van der Waals surface area (Å²) in [6, 6.07) is 47.4. The summed E-state index contributed by atoms with van der Waals surface area (Å²) in [4.78, 5) is 117. The van der Waals surface area contributed by atoms with Crippen LogP contribution < -0.4 is 42.5 Å². The Morgan fingerprint density at radius 3 is 1.09 bits per heavy atom. The normalized spacial score (nSPS) is 19.2. The Kier molecular flexibility index (Phi) is 18.2. The van der Waals surface area contributed by atoms with Gasteiger partial charge in [-0.2, -0.15) is 0 Å². The summed E-state index contributed by atoms with van der Waals surface area (Å²) in [5.74, 6) is -4.33. The van der Waals surface area contributed by atoms with E-state index in [9.17, 15) is 38.4 Å². The molecule has 0 fully saturated rings. The Labute approximate surface area is 463 Å². The predicted molar refractivity (Wildman–Crippen MR) is 302 cm³/mol. The van der Waals surface area contributed by atoms with Gasteiger partial charge in [-0.05, 0) is 107 Å². The molecule has 6 aromatic carbocycles. The fourth-order valence-corrected chi connectivity index (χ4v) is 9.42. The fraction of sp³-hybridized carbons (Fsp3) is 0.222. The zero-order chi connectivity index (χ0) is 55.8. The first-order valence-electron chi connectivity index (χ1n) is 26.6. The lowest BCUT2D eigenvalue weighted by Gasteiger charge is -2.21. The molecule has 20 rings (SSSR count). The van der Waals surface area contributed by atoms with Crippen molar-refractivity contribution in [2.24, 2.45) is 0 Å². The smallest absolute Gasteiger partial charge is 0.251 e. The van der Waals surface area contributed by atoms with E-state index < -0.39 is 71.4 Å². The maximum Gasteiger partial charge on any atom is 0.251 e. The van der Waals surface area contributed by atoms with Crippen LogP contribution in [-0.4, -0.2) is 76.4 Å². The number of carbonyl (C=O) groups excluding carboxylic acids is 8. The van der Waals surface area contributed by atoms with E-state index in [0.29, 0.717) is 24.0 Å². The van der Waals surface area contributed by atoms with Crippen molar-refractivity contribution in [3.63, 3.8) is 0 Å². The lowest BCUT2D eigenvalue weighted by Crippen LogP contribution is -2.48. The van der Waals surface area contributed by atoms with E-state index in [1.807, 2.05) is 133 Å². The second kappa shape index (κ2) is 26.5. The Hall–Kier alpha value is -9.77. The Balaban J connectivity index is 1.06. The number of aromatic nitrogens is 1. The zero-order valence-electron chi connectivity index (χ0n) is 43.8. The molecule has 0 aliphatic carbocycles. The minimum atomic E-state index is -1.16. The molecule has 0 saturated carbocycles. The third-order valence-corrected chi connectivity index (χ3v) is 13.9. The number of benzene rings is 6. The van der Waals surface area contributed by atoms with Gasteiger partial charge in [0.25, 0.3) is 11.8 Å². The van der Waals surface area contributed by atoms with Gasteiger partial charge in [-0.1, -0.05) is 140 Å². The molecule has 406 valence electrons. The molecule has 7 aromatic rings. The molecule has 8 N–H and O–H groups in total. The van der Waals surface area contributed by atoms with Crippen molar-refractivity contribution in [1.82, 2.24) is 36.9 Å². The van der Waals surface area contributed by atoms with E-state index in [-0.39, 0.29) is 63.3 Å². The van der Waals surface area contributed by atoms with Gasteiger partial charge in [0.05, 0.1) is 0 Å². The zero-order valence-corrected chi connectivity index (χ0v) is 43.8. The van der Waals surface area contributed by atoms with E-state index in [2.05, 4.69) is 47.5 Å². The highest BCUT2D eigenvalue weighted by Gasteiger charge is 2.29. The molecular weight excluding hydrogens is 1010 g/mol. The highest BCUT2D eigenvalue weighted by Crippen LogP contribution is 2.18. The molecule has 13 aliphatic heterocycles. The van der Waals surface area contributed by atoms with Crippen molar-refractivity contribution in [3.8, 4) is 0 Å². The molecule has 80 heavy (non-hydrogen) atoms. The van der Waals surface area contributed by atoms with Crippen LogP contribution in [0.2, 0.25) is 0 Å². The first kappa shape index (κ1) is 55.0. The van der Waals surface area contributed by atoms with Crippen molar-refractivity contribution in [2.45, 2.75) is 88.6 Å². The lowest BCUT2D eigenvalue weighted by atomic mass is 10.0. The average Bonchev–Trinajstić information content (AvgIpc) is 3.47. The topological polar surface area (TPSA) is 246 Å². The van der Waals surface area contributed by atoms with Crippen LogP contribution in [0.15, 0.2) is 176 Å². The second-order valence-corrected chi connectivity index (χ2v) is 20.0. The van der Waals surface area contributed by atoms with E-state index in [4.69, 9.17) is 0 Å². The molecule has 1 aromatic heterocycles. The van der Waals surface area contributed by atoms with Crippen LogP contribution in [0.3, 0.4) is 0 Å². The van der Waals surface area contributed by atoms with Gasteiger partial charge < -0.3 is 42.5 Å². The van der Waals surface area contributed by atoms with Crippen LogP contribution in [0.4, 0.5) is 11.6 Å². The Morgan fingerprint density at radius 2 is 0.713 bits per heavy atom. The monoisotopic (exact) mass is 1070 g/mol. The molecule has 4 atom stereocenters. The molecule has 12 bridgehead atoms. The number of nitrogens with zero attached hydrogens (tertiary/aromatic N) is 1. The van der Waals surface area contributed by atoms with Gasteiger partial charge in [0.1, 0.15) is 35.8 Å². The molecular formula is C63H61N9O8. The van der Waals surface area contributed by atoms with Crippen molar-refractivity contribution < 1.29 is 38.4 Å². The number of hydrogen-bond donors (Lipinski definition) is 8. The maximum absolute atomic E-state index is 14.2. The highest BCUT2D eigenvalue weighted by atomic mass is 16.2. The van der Waals surface area contributed by atoms with E-state index in [0.717, 1.165) is 44.5 Å². The third-order valence-electron chi connectivity index (χ3n) is 13.9. The molecule has 17 nitrogen and oxygen atoms in total. The number of pyridine rings is 1. The van der Waals surface area contributed by atoms with Crippen LogP contribution in [0.25, 0.3) is 0 Å². The van der Waals surface area contributed by atoms with Gasteiger partial charge >= 0.3 is 0 Å². The van der Waals surface area contributed by atoms with Gasteiger partial charge in [-0.15, -0.1) is 0 Å². The molecule has 13 aliphatic rings. The van der Waals surface area contributed by atoms with Gasteiger partial charge in [0.2, 0.25) is 35.4 Å². The summed E-state index contributed by atoms with van der Waals surface area (Å²) >= 11 is 0.